The summed E-state index contributed by atoms with van der Waals surface area (Å²) in [6.07, 6.45) is 6.79. The fourth-order valence-electron chi connectivity index (χ4n) is 3.38. The first-order chi connectivity index (χ1) is 8.91. The zero-order valence-electron chi connectivity index (χ0n) is 12.8. The Labute approximate surface area is 117 Å². The summed E-state index contributed by atoms with van der Waals surface area (Å²) in [5.41, 5.74) is 0.413. The minimum Gasteiger partial charge on any atom is -0.312 e. The Morgan fingerprint density at radius 3 is 2.37 bits per heavy atom. The van der Waals surface area contributed by atoms with E-state index in [1.54, 1.807) is 0 Å². The minimum absolute atomic E-state index is 0.111. The second-order valence-electron chi connectivity index (χ2n) is 7.22. The lowest BCUT2D eigenvalue weighted by atomic mass is 9.69. The lowest BCUT2D eigenvalue weighted by Crippen LogP contribution is -2.35. The van der Waals surface area contributed by atoms with Gasteiger partial charge in [0.05, 0.1) is 0 Å². The lowest BCUT2D eigenvalue weighted by Gasteiger charge is -2.36. The number of carbonyl (C=O) groups is 1. The third kappa shape index (κ3) is 3.37. The molecule has 0 aromatic carbocycles. The van der Waals surface area contributed by atoms with Crippen LogP contribution in [0, 0.1) is 17.3 Å². The van der Waals surface area contributed by atoms with Crippen LogP contribution in [-0.4, -0.2) is 17.8 Å². The predicted molar refractivity (Wildman–Crippen MR) is 79.2 cm³/mol. The van der Waals surface area contributed by atoms with Gasteiger partial charge in [-0.05, 0) is 43.4 Å². The molecule has 1 heterocycles. The van der Waals surface area contributed by atoms with Crippen LogP contribution in [0.25, 0.3) is 0 Å². The summed E-state index contributed by atoms with van der Waals surface area (Å²) in [5, 5.41) is 3.02. The van der Waals surface area contributed by atoms with E-state index in [2.05, 4.69) is 38.0 Å². The number of carbonyl (C=O) groups excluding carboxylic acids is 1. The molecule has 0 radical (unpaired) electrons. The molecule has 1 saturated carbocycles. The molecule has 2 aliphatic rings. The molecular formula is C16H28N2O. The molecular weight excluding hydrogens is 236 g/mol. The van der Waals surface area contributed by atoms with Gasteiger partial charge in [-0.1, -0.05) is 34.1 Å². The zero-order valence-corrected chi connectivity index (χ0v) is 12.8. The standard InChI is InChI=1S/C16H28N2O/c1-5-6-13-15(19)18-14(17-13)11-7-9-12(10-8-11)16(2,3)4/h11-13H,5-10H2,1-4H3,(H,17,18,19). The number of nitrogens with zero attached hydrogens (tertiary/aromatic N) is 1. The first kappa shape index (κ1) is 14.5. The van der Waals surface area contributed by atoms with Crippen LogP contribution in [0.3, 0.4) is 0 Å². The van der Waals surface area contributed by atoms with Crippen molar-refractivity contribution in [3.63, 3.8) is 0 Å². The summed E-state index contributed by atoms with van der Waals surface area (Å²) in [7, 11) is 0. The summed E-state index contributed by atoms with van der Waals surface area (Å²) >= 11 is 0. The van der Waals surface area contributed by atoms with E-state index in [1.807, 2.05) is 0 Å². The van der Waals surface area contributed by atoms with Crippen LogP contribution in [0.15, 0.2) is 4.99 Å². The average molecular weight is 264 g/mol. The number of hydrogen-bond donors (Lipinski definition) is 1. The van der Waals surface area contributed by atoms with Gasteiger partial charge >= 0.3 is 0 Å². The monoisotopic (exact) mass is 264 g/mol. The molecule has 0 aromatic heterocycles. The highest BCUT2D eigenvalue weighted by Crippen LogP contribution is 2.40. The maximum Gasteiger partial charge on any atom is 0.250 e. The summed E-state index contributed by atoms with van der Waals surface area (Å²) < 4.78 is 0. The molecule has 0 spiro atoms. The molecule has 2 rings (SSSR count). The molecule has 108 valence electrons. The Kier molecular flexibility index (Phi) is 4.32. The van der Waals surface area contributed by atoms with Crippen molar-refractivity contribution in [2.45, 2.75) is 72.3 Å². The van der Waals surface area contributed by atoms with Gasteiger partial charge in [0.15, 0.2) is 0 Å². The Balaban J connectivity index is 1.92. The van der Waals surface area contributed by atoms with Gasteiger partial charge in [-0.2, -0.15) is 0 Å². The fourth-order valence-corrected chi connectivity index (χ4v) is 3.38. The quantitative estimate of drug-likeness (QED) is 0.832. The van der Waals surface area contributed by atoms with Gasteiger partial charge in [-0.15, -0.1) is 0 Å². The van der Waals surface area contributed by atoms with Crippen LogP contribution >= 0.6 is 0 Å². The van der Waals surface area contributed by atoms with Gasteiger partial charge in [0, 0.05) is 5.92 Å². The maximum atomic E-state index is 11.8. The summed E-state index contributed by atoms with van der Waals surface area (Å²) in [6, 6.07) is -0.111. The summed E-state index contributed by atoms with van der Waals surface area (Å²) in [4.78, 5) is 16.4. The number of hydrogen-bond acceptors (Lipinski definition) is 2. The fraction of sp³-hybridized carbons (Fsp3) is 0.875. The first-order valence-electron chi connectivity index (χ1n) is 7.80. The number of nitrogens with one attached hydrogen (secondary N) is 1. The SMILES string of the molecule is CCCC1N=C(C2CCC(C(C)(C)C)CC2)NC1=O. The van der Waals surface area contributed by atoms with Crippen molar-refractivity contribution in [1.29, 1.82) is 0 Å². The van der Waals surface area contributed by atoms with Crippen LogP contribution in [0.5, 0.6) is 0 Å². The van der Waals surface area contributed by atoms with Crippen LogP contribution in [0.2, 0.25) is 0 Å². The van der Waals surface area contributed by atoms with Crippen LogP contribution in [0.4, 0.5) is 0 Å². The Hall–Kier alpha value is -0.860. The van der Waals surface area contributed by atoms with Crippen LogP contribution in [-0.2, 0) is 4.79 Å². The van der Waals surface area contributed by atoms with Gasteiger partial charge in [0.25, 0.3) is 0 Å². The van der Waals surface area contributed by atoms with Crippen molar-refractivity contribution in [1.82, 2.24) is 5.32 Å². The van der Waals surface area contributed by atoms with E-state index < -0.39 is 0 Å². The molecule has 0 saturated heterocycles. The highest BCUT2D eigenvalue weighted by atomic mass is 16.2. The topological polar surface area (TPSA) is 41.5 Å². The van der Waals surface area contributed by atoms with E-state index in [0.29, 0.717) is 11.3 Å². The van der Waals surface area contributed by atoms with Crippen LogP contribution in [0.1, 0.15) is 66.2 Å². The van der Waals surface area contributed by atoms with Crippen molar-refractivity contribution in [2.75, 3.05) is 0 Å². The van der Waals surface area contributed by atoms with Gasteiger partial charge in [-0.25, -0.2) is 0 Å². The Morgan fingerprint density at radius 1 is 1.21 bits per heavy atom. The number of aliphatic imine (C=N–C) groups is 1. The average Bonchev–Trinajstić information content (AvgIpc) is 2.71. The predicted octanol–water partition coefficient (Wildman–Crippen LogP) is 3.54. The first-order valence-corrected chi connectivity index (χ1v) is 7.80. The van der Waals surface area contributed by atoms with Crippen molar-refractivity contribution in [2.24, 2.45) is 22.2 Å². The summed E-state index contributed by atoms with van der Waals surface area (Å²) in [6.45, 7) is 9.12. The normalized spacial score (nSPS) is 32.1. The van der Waals surface area contributed by atoms with Gasteiger partial charge in [0.1, 0.15) is 11.9 Å². The second-order valence-corrected chi connectivity index (χ2v) is 7.22. The van der Waals surface area contributed by atoms with Crippen molar-refractivity contribution >= 4 is 11.7 Å². The van der Waals surface area contributed by atoms with E-state index in [4.69, 9.17) is 0 Å². The molecule has 1 amide bonds. The Morgan fingerprint density at radius 2 is 1.84 bits per heavy atom. The third-order valence-electron chi connectivity index (χ3n) is 4.75. The van der Waals surface area contributed by atoms with Crippen LogP contribution < -0.4 is 5.32 Å². The van der Waals surface area contributed by atoms with E-state index in [0.717, 1.165) is 24.6 Å². The minimum atomic E-state index is -0.111. The van der Waals surface area contributed by atoms with Crippen molar-refractivity contribution < 1.29 is 4.79 Å². The maximum absolute atomic E-state index is 11.8. The molecule has 3 nitrogen and oxygen atoms in total. The van der Waals surface area contributed by atoms with Gasteiger partial charge < -0.3 is 5.32 Å². The molecule has 3 heteroatoms. The smallest absolute Gasteiger partial charge is 0.250 e. The molecule has 1 fully saturated rings. The van der Waals surface area contributed by atoms with Gasteiger partial charge in [-0.3, -0.25) is 9.79 Å². The molecule has 1 atom stereocenters. The third-order valence-corrected chi connectivity index (χ3v) is 4.75. The molecule has 1 aliphatic carbocycles. The van der Waals surface area contributed by atoms with E-state index in [-0.39, 0.29) is 11.9 Å². The molecule has 1 aliphatic heterocycles. The largest absolute Gasteiger partial charge is 0.312 e. The number of amides is 1. The molecule has 0 aromatic rings. The van der Waals surface area contributed by atoms with E-state index in [1.165, 1.54) is 25.7 Å². The molecule has 19 heavy (non-hydrogen) atoms. The lowest BCUT2D eigenvalue weighted by molar-refractivity contribution is -0.120. The summed E-state index contributed by atoms with van der Waals surface area (Å²) in [5.74, 6) is 2.41. The van der Waals surface area contributed by atoms with Crippen molar-refractivity contribution in [3.05, 3.63) is 0 Å². The molecule has 1 unspecified atom stereocenters. The number of rotatable bonds is 3. The molecule has 0 bridgehead atoms. The Bertz CT molecular complexity index is 359. The molecule has 1 N–H and O–H groups in total. The number of amidine groups is 1. The van der Waals surface area contributed by atoms with Gasteiger partial charge in [0.2, 0.25) is 5.91 Å². The highest BCUT2D eigenvalue weighted by molar-refractivity contribution is 6.06. The van der Waals surface area contributed by atoms with E-state index >= 15 is 0 Å². The second kappa shape index (κ2) is 5.64. The highest BCUT2D eigenvalue weighted by Gasteiger charge is 2.35. The zero-order chi connectivity index (χ0) is 14.0. The van der Waals surface area contributed by atoms with Crippen molar-refractivity contribution in [3.8, 4) is 0 Å². The van der Waals surface area contributed by atoms with E-state index in [9.17, 15) is 4.79 Å².